The van der Waals surface area contributed by atoms with Crippen LogP contribution in [0.1, 0.15) is 30.6 Å². The molecule has 7 heteroatoms. The molecule has 0 radical (unpaired) electrons. The minimum Gasteiger partial charge on any atom is -0.339 e. The molecule has 1 aliphatic rings. The molecule has 0 spiro atoms. The van der Waals surface area contributed by atoms with Gasteiger partial charge in [-0.3, -0.25) is 4.79 Å². The lowest BCUT2D eigenvalue weighted by Gasteiger charge is -2.19. The summed E-state index contributed by atoms with van der Waals surface area (Å²) < 4.78 is 27.0. The van der Waals surface area contributed by atoms with Gasteiger partial charge in [0.1, 0.15) is 0 Å². The molecule has 0 aromatic heterocycles. The zero-order valence-corrected chi connectivity index (χ0v) is 15.5. The van der Waals surface area contributed by atoms with Crippen molar-refractivity contribution in [2.24, 2.45) is 5.92 Å². The highest BCUT2D eigenvalue weighted by atomic mass is 32.2. The van der Waals surface area contributed by atoms with E-state index < -0.39 is 10.0 Å². The van der Waals surface area contributed by atoms with Crippen molar-refractivity contribution >= 4 is 15.9 Å². The smallest absolute Gasteiger partial charge is 0.253 e. The van der Waals surface area contributed by atoms with Crippen LogP contribution in [0.25, 0.3) is 0 Å². The van der Waals surface area contributed by atoms with Gasteiger partial charge in [-0.25, -0.2) is 8.42 Å². The van der Waals surface area contributed by atoms with Crippen LogP contribution in [0.3, 0.4) is 0 Å². The highest BCUT2D eigenvalue weighted by Crippen LogP contribution is 2.24. The van der Waals surface area contributed by atoms with E-state index in [9.17, 15) is 13.2 Å². The summed E-state index contributed by atoms with van der Waals surface area (Å²) in [5, 5.41) is 3.10. The standard InChI is InChI=1S/C17H27N3O3S/c1-4-19(5-2)17(21)15-6-8-16(9-7-15)24(22,23)20-11-10-14(13-20)12-18-3/h6-9,14,18H,4-5,10-13H2,1-3H3. The Morgan fingerprint density at radius 2 is 1.88 bits per heavy atom. The third-order valence-corrected chi connectivity index (χ3v) is 6.41. The number of nitrogens with zero attached hydrogens (tertiary/aromatic N) is 2. The topological polar surface area (TPSA) is 69.7 Å². The normalized spacial score (nSPS) is 18.7. The zero-order chi connectivity index (χ0) is 17.7. The van der Waals surface area contributed by atoms with Gasteiger partial charge in [0.15, 0.2) is 0 Å². The summed E-state index contributed by atoms with van der Waals surface area (Å²) in [5.74, 6) is 0.285. The number of hydrogen-bond acceptors (Lipinski definition) is 4. The van der Waals surface area contributed by atoms with Gasteiger partial charge in [-0.05, 0) is 64.0 Å². The maximum atomic E-state index is 12.7. The molecule has 1 aromatic rings. The summed E-state index contributed by atoms with van der Waals surface area (Å²) in [6.07, 6.45) is 0.874. The SMILES string of the molecule is CCN(CC)C(=O)c1ccc(S(=O)(=O)N2CCC(CNC)C2)cc1. The quantitative estimate of drug-likeness (QED) is 0.804. The van der Waals surface area contributed by atoms with Crippen molar-refractivity contribution in [1.29, 1.82) is 0 Å². The number of carbonyl (C=O) groups is 1. The van der Waals surface area contributed by atoms with E-state index in [1.54, 1.807) is 17.0 Å². The van der Waals surface area contributed by atoms with Gasteiger partial charge >= 0.3 is 0 Å². The van der Waals surface area contributed by atoms with Crippen LogP contribution in [0.2, 0.25) is 0 Å². The van der Waals surface area contributed by atoms with Crippen molar-refractivity contribution in [2.45, 2.75) is 25.2 Å². The molecule has 0 bridgehead atoms. The van der Waals surface area contributed by atoms with Crippen molar-refractivity contribution in [3.63, 3.8) is 0 Å². The Hall–Kier alpha value is -1.44. The average molecular weight is 353 g/mol. The maximum absolute atomic E-state index is 12.7. The lowest BCUT2D eigenvalue weighted by Crippen LogP contribution is -2.31. The molecule has 0 saturated carbocycles. The van der Waals surface area contributed by atoms with Crippen LogP contribution in [0.5, 0.6) is 0 Å². The van der Waals surface area contributed by atoms with Gasteiger partial charge in [0, 0.05) is 31.7 Å². The van der Waals surface area contributed by atoms with Gasteiger partial charge in [0.25, 0.3) is 5.91 Å². The van der Waals surface area contributed by atoms with Crippen LogP contribution in [0.15, 0.2) is 29.2 Å². The van der Waals surface area contributed by atoms with Crippen molar-refractivity contribution < 1.29 is 13.2 Å². The van der Waals surface area contributed by atoms with E-state index in [-0.39, 0.29) is 10.8 Å². The van der Waals surface area contributed by atoms with Gasteiger partial charge < -0.3 is 10.2 Å². The molecular formula is C17H27N3O3S. The minimum absolute atomic E-state index is 0.0702. The van der Waals surface area contributed by atoms with Crippen molar-refractivity contribution in [1.82, 2.24) is 14.5 Å². The first kappa shape index (κ1) is 18.9. The second kappa shape index (κ2) is 8.09. The molecule has 1 aliphatic heterocycles. The molecule has 2 rings (SSSR count). The summed E-state index contributed by atoms with van der Waals surface area (Å²) in [7, 11) is -1.61. The summed E-state index contributed by atoms with van der Waals surface area (Å²) in [6.45, 7) is 7.04. The summed E-state index contributed by atoms with van der Waals surface area (Å²) in [4.78, 5) is 14.3. The summed E-state index contributed by atoms with van der Waals surface area (Å²) >= 11 is 0. The molecule has 1 fully saturated rings. The summed E-state index contributed by atoms with van der Waals surface area (Å²) in [5.41, 5.74) is 0.520. The lowest BCUT2D eigenvalue weighted by atomic mass is 10.1. The zero-order valence-electron chi connectivity index (χ0n) is 14.7. The van der Waals surface area contributed by atoms with Gasteiger partial charge in [-0.15, -0.1) is 0 Å². The Balaban J connectivity index is 2.14. The fraction of sp³-hybridized carbons (Fsp3) is 0.588. The van der Waals surface area contributed by atoms with Crippen LogP contribution < -0.4 is 5.32 Å². The average Bonchev–Trinajstić information content (AvgIpc) is 3.06. The minimum atomic E-state index is -3.48. The first-order valence-corrected chi connectivity index (χ1v) is 9.92. The number of amides is 1. The number of benzene rings is 1. The highest BCUT2D eigenvalue weighted by Gasteiger charge is 2.32. The van der Waals surface area contributed by atoms with Crippen LogP contribution in [-0.2, 0) is 10.0 Å². The molecule has 24 heavy (non-hydrogen) atoms. The molecule has 1 aromatic carbocycles. The Bertz CT molecular complexity index is 654. The second-order valence-electron chi connectivity index (χ2n) is 6.08. The van der Waals surface area contributed by atoms with Gasteiger partial charge in [-0.1, -0.05) is 0 Å². The first-order valence-electron chi connectivity index (χ1n) is 8.48. The Morgan fingerprint density at radius 1 is 1.25 bits per heavy atom. The molecule has 134 valence electrons. The number of hydrogen-bond donors (Lipinski definition) is 1. The number of rotatable bonds is 7. The molecule has 1 N–H and O–H groups in total. The van der Waals surface area contributed by atoms with Crippen molar-refractivity contribution in [3.8, 4) is 0 Å². The predicted octanol–water partition coefficient (Wildman–Crippen LogP) is 1.40. The largest absolute Gasteiger partial charge is 0.339 e. The molecule has 1 unspecified atom stereocenters. The monoisotopic (exact) mass is 353 g/mol. The van der Waals surface area contributed by atoms with Crippen LogP contribution in [0.4, 0.5) is 0 Å². The molecule has 6 nitrogen and oxygen atoms in total. The second-order valence-corrected chi connectivity index (χ2v) is 8.02. The van der Waals surface area contributed by atoms with Crippen molar-refractivity contribution in [3.05, 3.63) is 29.8 Å². The third-order valence-electron chi connectivity index (χ3n) is 4.53. The van der Waals surface area contributed by atoms with Gasteiger partial charge in [0.2, 0.25) is 10.0 Å². The molecule has 1 amide bonds. The van der Waals surface area contributed by atoms with Crippen LogP contribution in [-0.4, -0.2) is 63.3 Å². The number of nitrogens with one attached hydrogen (secondary N) is 1. The maximum Gasteiger partial charge on any atom is 0.253 e. The van der Waals surface area contributed by atoms with E-state index in [4.69, 9.17) is 0 Å². The number of sulfonamides is 1. The lowest BCUT2D eigenvalue weighted by molar-refractivity contribution is 0.0773. The van der Waals surface area contributed by atoms with Gasteiger partial charge in [-0.2, -0.15) is 4.31 Å². The fourth-order valence-electron chi connectivity index (χ4n) is 3.08. The Kier molecular flexibility index (Phi) is 6.37. The fourth-order valence-corrected chi connectivity index (χ4v) is 4.61. The van der Waals surface area contributed by atoms with E-state index in [0.717, 1.165) is 13.0 Å². The van der Waals surface area contributed by atoms with E-state index in [1.807, 2.05) is 20.9 Å². The molecular weight excluding hydrogens is 326 g/mol. The molecule has 1 heterocycles. The van der Waals surface area contributed by atoms with E-state index in [2.05, 4.69) is 5.32 Å². The summed E-state index contributed by atoms with van der Waals surface area (Å²) in [6, 6.07) is 6.29. The van der Waals surface area contributed by atoms with E-state index >= 15 is 0 Å². The molecule has 0 aliphatic carbocycles. The Morgan fingerprint density at radius 3 is 2.42 bits per heavy atom. The van der Waals surface area contributed by atoms with Crippen LogP contribution in [0, 0.1) is 5.92 Å². The highest BCUT2D eigenvalue weighted by molar-refractivity contribution is 7.89. The number of carbonyl (C=O) groups excluding carboxylic acids is 1. The predicted molar refractivity (Wildman–Crippen MR) is 94.5 cm³/mol. The molecule has 1 atom stereocenters. The first-order chi connectivity index (χ1) is 11.4. The van der Waals surface area contributed by atoms with Crippen LogP contribution >= 0.6 is 0 Å². The van der Waals surface area contributed by atoms with Gasteiger partial charge in [0.05, 0.1) is 4.90 Å². The Labute approximate surface area is 144 Å². The van der Waals surface area contributed by atoms with E-state index in [0.29, 0.717) is 37.7 Å². The van der Waals surface area contributed by atoms with E-state index in [1.165, 1.54) is 16.4 Å². The van der Waals surface area contributed by atoms with Crippen molar-refractivity contribution in [2.75, 3.05) is 39.8 Å². The molecule has 1 saturated heterocycles. The third kappa shape index (κ3) is 3.96.